The van der Waals surface area contributed by atoms with Crippen LogP contribution in [-0.2, 0) is 0 Å². The van der Waals surface area contributed by atoms with Crippen LogP contribution < -0.4 is 15.0 Å². The lowest BCUT2D eigenvalue weighted by Crippen LogP contribution is -2.44. The van der Waals surface area contributed by atoms with Crippen molar-refractivity contribution in [1.29, 1.82) is 0 Å². The van der Waals surface area contributed by atoms with Crippen molar-refractivity contribution >= 4 is 22.0 Å². The van der Waals surface area contributed by atoms with Gasteiger partial charge < -0.3 is 15.0 Å². The van der Waals surface area contributed by atoms with E-state index in [0.717, 1.165) is 59.1 Å². The fourth-order valence-corrected chi connectivity index (χ4v) is 6.11. The van der Waals surface area contributed by atoms with Gasteiger partial charge in [-0.15, -0.1) is 0 Å². The van der Waals surface area contributed by atoms with Crippen LogP contribution in [0.15, 0.2) is 18.6 Å². The summed E-state index contributed by atoms with van der Waals surface area (Å²) in [7, 11) is 1.65. The van der Waals surface area contributed by atoms with Crippen LogP contribution in [0.3, 0.4) is 0 Å². The second kappa shape index (κ2) is 9.58. The summed E-state index contributed by atoms with van der Waals surface area (Å²) < 4.78 is 7.31. The maximum atomic E-state index is 5.58. The topological polar surface area (TPSA) is 96.3 Å². The van der Waals surface area contributed by atoms with Crippen molar-refractivity contribution in [3.8, 4) is 27.7 Å². The maximum absolute atomic E-state index is 5.58. The third-order valence-electron chi connectivity index (χ3n) is 6.56. The van der Waals surface area contributed by atoms with E-state index in [1.54, 1.807) is 23.0 Å². The highest BCUT2D eigenvalue weighted by atomic mass is 32.1. The number of rotatable bonds is 7. The monoisotopic (exact) mass is 494 g/mol. The van der Waals surface area contributed by atoms with Gasteiger partial charge >= 0.3 is 0 Å². The van der Waals surface area contributed by atoms with E-state index >= 15 is 0 Å². The molecule has 1 aliphatic heterocycles. The van der Waals surface area contributed by atoms with E-state index in [2.05, 4.69) is 60.0 Å². The molecule has 1 fully saturated rings. The van der Waals surface area contributed by atoms with Gasteiger partial charge in [0, 0.05) is 42.5 Å². The molecule has 10 heteroatoms. The van der Waals surface area contributed by atoms with E-state index in [9.17, 15) is 0 Å². The number of nitrogens with zero attached hydrogens (tertiary/aromatic N) is 6. The summed E-state index contributed by atoms with van der Waals surface area (Å²) in [6.07, 6.45) is 5.80. The van der Waals surface area contributed by atoms with Crippen LogP contribution in [0.25, 0.3) is 27.6 Å². The molecule has 0 unspecified atom stereocenters. The quantitative estimate of drug-likeness (QED) is 0.386. The molecule has 1 saturated heterocycles. The van der Waals surface area contributed by atoms with Crippen LogP contribution in [0, 0.1) is 6.92 Å². The van der Waals surface area contributed by atoms with Crippen molar-refractivity contribution in [1.82, 2.24) is 35.1 Å². The van der Waals surface area contributed by atoms with E-state index < -0.39 is 0 Å². The molecule has 9 nitrogen and oxygen atoms in total. The third-order valence-corrected chi connectivity index (χ3v) is 7.78. The minimum absolute atomic E-state index is 0.252. The van der Waals surface area contributed by atoms with Crippen molar-refractivity contribution < 1.29 is 4.74 Å². The van der Waals surface area contributed by atoms with Gasteiger partial charge in [-0.1, -0.05) is 39.0 Å². The first-order chi connectivity index (χ1) is 16.9. The number of H-pyrrole nitrogens is 1. The van der Waals surface area contributed by atoms with Crippen molar-refractivity contribution in [2.75, 3.05) is 25.1 Å². The number of hydrogen-bond acceptors (Lipinski definition) is 8. The number of aromatic amines is 1. The number of anilines is 1. The summed E-state index contributed by atoms with van der Waals surface area (Å²) in [6.45, 7) is 13.0. The zero-order valence-corrected chi connectivity index (χ0v) is 22.1. The smallest absolute Gasteiger partial charge is 0.197 e. The molecule has 0 aromatic carbocycles. The van der Waals surface area contributed by atoms with Crippen molar-refractivity contribution in [2.45, 2.75) is 65.5 Å². The maximum Gasteiger partial charge on any atom is 0.197 e. The number of aromatic nitrogens is 6. The highest BCUT2D eigenvalue weighted by Gasteiger charge is 2.26. The van der Waals surface area contributed by atoms with Crippen molar-refractivity contribution in [2.24, 2.45) is 0 Å². The molecule has 5 heterocycles. The number of methoxy groups -OCH3 is 1. The van der Waals surface area contributed by atoms with E-state index in [0.29, 0.717) is 23.5 Å². The Balaban J connectivity index is 1.47. The summed E-state index contributed by atoms with van der Waals surface area (Å²) in [5.74, 6) is 0.926. The predicted molar refractivity (Wildman–Crippen MR) is 141 cm³/mol. The minimum atomic E-state index is 0.252. The number of piperidine rings is 1. The summed E-state index contributed by atoms with van der Waals surface area (Å²) in [6, 6.07) is 3.11. The lowest BCUT2D eigenvalue weighted by molar-refractivity contribution is 0.387. The van der Waals surface area contributed by atoms with Gasteiger partial charge in [0.05, 0.1) is 18.5 Å². The molecule has 4 aromatic rings. The Labute approximate surface area is 209 Å². The van der Waals surface area contributed by atoms with E-state index in [1.807, 2.05) is 12.3 Å². The van der Waals surface area contributed by atoms with Gasteiger partial charge in [0.1, 0.15) is 22.0 Å². The summed E-state index contributed by atoms with van der Waals surface area (Å²) in [5.41, 5.74) is 5.74. The van der Waals surface area contributed by atoms with E-state index in [-0.39, 0.29) is 5.92 Å². The average molecular weight is 495 g/mol. The molecule has 0 radical (unpaired) electrons. The molecule has 186 valence electrons. The second-order valence-corrected chi connectivity index (χ2v) is 10.8. The predicted octanol–water partition coefficient (Wildman–Crippen LogP) is 4.65. The highest BCUT2D eigenvalue weighted by molar-refractivity contribution is 7.19. The zero-order valence-electron chi connectivity index (χ0n) is 21.3. The Hall–Kier alpha value is -2.98. The Bertz CT molecular complexity index is 1310. The first kappa shape index (κ1) is 23.7. The van der Waals surface area contributed by atoms with Gasteiger partial charge in [0.15, 0.2) is 11.4 Å². The van der Waals surface area contributed by atoms with Crippen molar-refractivity contribution in [3.63, 3.8) is 0 Å². The fraction of sp³-hybridized carbons (Fsp3) is 0.520. The minimum Gasteiger partial charge on any atom is -0.493 e. The van der Waals surface area contributed by atoms with Gasteiger partial charge in [-0.05, 0) is 31.7 Å². The van der Waals surface area contributed by atoms with Crippen LogP contribution in [0.2, 0.25) is 0 Å². The van der Waals surface area contributed by atoms with Crippen LogP contribution in [0.1, 0.15) is 57.7 Å². The molecule has 0 saturated carbocycles. The second-order valence-electron chi connectivity index (χ2n) is 9.83. The van der Waals surface area contributed by atoms with Crippen molar-refractivity contribution in [3.05, 3.63) is 29.8 Å². The number of fused-ring (bicyclic) bond motifs is 1. The molecular formula is C25H34N8OS. The van der Waals surface area contributed by atoms with Crippen LogP contribution >= 0.6 is 11.3 Å². The Morgan fingerprint density at radius 3 is 2.66 bits per heavy atom. The molecule has 0 amide bonds. The van der Waals surface area contributed by atoms with Crippen LogP contribution in [0.5, 0.6) is 5.75 Å². The normalized spacial score (nSPS) is 15.1. The first-order valence-electron chi connectivity index (χ1n) is 12.3. The molecule has 1 aliphatic rings. The Morgan fingerprint density at radius 1 is 1.20 bits per heavy atom. The van der Waals surface area contributed by atoms with E-state index in [4.69, 9.17) is 14.8 Å². The molecule has 4 aromatic heterocycles. The fourth-order valence-electron chi connectivity index (χ4n) is 4.98. The molecule has 2 N–H and O–H groups in total. The number of thiazole rings is 1. The summed E-state index contributed by atoms with van der Waals surface area (Å²) in [5, 5.41) is 18.3. The number of hydrogen-bond donors (Lipinski definition) is 2. The average Bonchev–Trinajstić information content (AvgIpc) is 3.56. The Morgan fingerprint density at radius 2 is 1.97 bits per heavy atom. The molecule has 0 bridgehead atoms. The molecule has 0 atom stereocenters. The largest absolute Gasteiger partial charge is 0.493 e. The molecule has 0 spiro atoms. The van der Waals surface area contributed by atoms with Gasteiger partial charge in [0.2, 0.25) is 0 Å². The first-order valence-corrected chi connectivity index (χ1v) is 13.1. The lowest BCUT2D eigenvalue weighted by Gasteiger charge is -2.34. The SMILES string of the molecule is COc1cc(-c2[nH]nc(-c3nc(C)c(N4CCC(NC(C)C)CC4)s3)c2C(C)C)cn2ncnc12. The number of aryl methyl sites for hydroxylation is 1. The number of ether oxygens (including phenoxy) is 1. The third kappa shape index (κ3) is 4.52. The van der Waals surface area contributed by atoms with Gasteiger partial charge in [0.25, 0.3) is 0 Å². The Kier molecular flexibility index (Phi) is 6.50. The zero-order chi connectivity index (χ0) is 24.7. The van der Waals surface area contributed by atoms with Crippen LogP contribution in [-0.4, -0.2) is 62.1 Å². The van der Waals surface area contributed by atoms with E-state index in [1.165, 1.54) is 11.3 Å². The highest BCUT2D eigenvalue weighted by Crippen LogP contribution is 2.41. The number of pyridine rings is 1. The summed E-state index contributed by atoms with van der Waals surface area (Å²) >= 11 is 1.75. The molecular weight excluding hydrogens is 460 g/mol. The lowest BCUT2D eigenvalue weighted by atomic mass is 9.97. The van der Waals surface area contributed by atoms with Gasteiger partial charge in [-0.3, -0.25) is 5.10 Å². The molecule has 0 aliphatic carbocycles. The standard InChI is InChI=1S/C25H34N8OS/c1-14(2)20-21(17-11-19(34-6)23-26-13-27-33(23)12-17)30-31-22(20)24-29-16(5)25(35-24)32-9-7-18(8-10-32)28-15(3)4/h11-15,18,28H,7-10H2,1-6H3,(H,30,31). The molecule has 5 rings (SSSR count). The number of nitrogens with one attached hydrogen (secondary N) is 2. The molecule has 35 heavy (non-hydrogen) atoms. The van der Waals surface area contributed by atoms with Gasteiger partial charge in [-0.2, -0.15) is 10.2 Å². The summed E-state index contributed by atoms with van der Waals surface area (Å²) in [4.78, 5) is 11.8. The van der Waals surface area contributed by atoms with Gasteiger partial charge in [-0.25, -0.2) is 14.5 Å². The van der Waals surface area contributed by atoms with Crippen LogP contribution in [0.4, 0.5) is 5.00 Å².